The number of aliphatic imine (C=N–C) groups is 1. The van der Waals surface area contributed by atoms with Crippen molar-refractivity contribution < 1.29 is 9.90 Å². The molecular weight excluding hydrogens is 202 g/mol. The zero-order valence-electron chi connectivity index (χ0n) is 9.68. The maximum absolute atomic E-state index is 10.9. The predicted molar refractivity (Wildman–Crippen MR) is 64.7 cm³/mol. The second kappa shape index (κ2) is 6.18. The van der Waals surface area contributed by atoms with Crippen LogP contribution in [0.2, 0.25) is 0 Å². The fourth-order valence-electron chi connectivity index (χ4n) is 1.57. The third kappa shape index (κ3) is 3.95. The molecular formula is C13H17NO2. The predicted octanol–water partition coefficient (Wildman–Crippen LogP) is 2.16. The first-order chi connectivity index (χ1) is 7.63. The van der Waals surface area contributed by atoms with Crippen LogP contribution in [0.1, 0.15) is 31.9 Å². The number of rotatable bonds is 5. The monoisotopic (exact) mass is 219 g/mol. The minimum atomic E-state index is -0.263. The molecule has 16 heavy (non-hydrogen) atoms. The van der Waals surface area contributed by atoms with Crippen molar-refractivity contribution in [1.82, 2.24) is 0 Å². The van der Waals surface area contributed by atoms with Crippen molar-refractivity contribution in [3.05, 3.63) is 35.9 Å². The fraction of sp³-hybridized carbons (Fsp3) is 0.385. The van der Waals surface area contributed by atoms with Crippen molar-refractivity contribution in [3.8, 4) is 0 Å². The number of hydrogen-bond acceptors (Lipinski definition) is 3. The van der Waals surface area contributed by atoms with Gasteiger partial charge in [-0.3, -0.25) is 9.79 Å². The number of Topliss-reactive ketones (excluding diaryl/α,β-unsaturated/α-hetero) is 1. The quantitative estimate of drug-likeness (QED) is 0.771. The summed E-state index contributed by atoms with van der Waals surface area (Å²) in [5.74, 6) is 0.0889. The van der Waals surface area contributed by atoms with E-state index in [9.17, 15) is 9.90 Å². The molecule has 0 saturated heterocycles. The lowest BCUT2D eigenvalue weighted by Crippen LogP contribution is -2.07. The molecule has 1 atom stereocenters. The number of carbonyl (C=O) groups is 1. The number of aliphatic hydroxyl groups excluding tert-OH is 1. The molecule has 86 valence electrons. The third-order valence-corrected chi connectivity index (χ3v) is 2.24. The normalized spacial score (nSPS) is 13.6. The van der Waals surface area contributed by atoms with Gasteiger partial charge in [0.1, 0.15) is 5.78 Å². The van der Waals surface area contributed by atoms with E-state index in [4.69, 9.17) is 0 Å². The minimum Gasteiger partial charge on any atom is -0.394 e. The molecule has 0 amide bonds. The van der Waals surface area contributed by atoms with Crippen molar-refractivity contribution in [2.45, 2.75) is 26.3 Å². The van der Waals surface area contributed by atoms with Gasteiger partial charge >= 0.3 is 0 Å². The fourth-order valence-corrected chi connectivity index (χ4v) is 1.57. The molecule has 0 aliphatic carbocycles. The molecule has 0 aromatic heterocycles. The summed E-state index contributed by atoms with van der Waals surface area (Å²) in [4.78, 5) is 15.3. The molecule has 0 heterocycles. The first kappa shape index (κ1) is 12.6. The van der Waals surface area contributed by atoms with Crippen LogP contribution in [0.4, 0.5) is 0 Å². The maximum Gasteiger partial charge on any atom is 0.135 e. The summed E-state index contributed by atoms with van der Waals surface area (Å²) in [6, 6.07) is 9.32. The number of nitrogens with zero attached hydrogens (tertiary/aromatic N) is 1. The van der Waals surface area contributed by atoms with E-state index in [0.717, 1.165) is 11.3 Å². The molecule has 0 spiro atoms. The van der Waals surface area contributed by atoms with Gasteiger partial charge in [-0.1, -0.05) is 30.3 Å². The standard InChI is InChI=1S/C13H17NO2/c1-10(8-11(2)16)14-13(9-15)12-6-4-3-5-7-12/h3-7,13,15H,8-9H2,1-2H3/t13-/m1/s1. The van der Waals surface area contributed by atoms with Crippen LogP contribution in [0.15, 0.2) is 35.3 Å². The summed E-state index contributed by atoms with van der Waals surface area (Å²) in [7, 11) is 0. The van der Waals surface area contributed by atoms with Crippen LogP contribution in [-0.2, 0) is 4.79 Å². The van der Waals surface area contributed by atoms with Crippen LogP contribution in [0, 0.1) is 0 Å². The molecule has 1 N–H and O–H groups in total. The average Bonchev–Trinajstić information content (AvgIpc) is 2.26. The molecule has 0 aliphatic heterocycles. The van der Waals surface area contributed by atoms with Crippen LogP contribution >= 0.6 is 0 Å². The summed E-state index contributed by atoms with van der Waals surface area (Å²) < 4.78 is 0. The Balaban J connectivity index is 2.80. The molecule has 0 aliphatic rings. The molecule has 0 unspecified atom stereocenters. The van der Waals surface area contributed by atoms with Crippen molar-refractivity contribution in [3.63, 3.8) is 0 Å². The van der Waals surface area contributed by atoms with Gasteiger partial charge in [0.2, 0.25) is 0 Å². The van der Waals surface area contributed by atoms with E-state index in [1.54, 1.807) is 0 Å². The van der Waals surface area contributed by atoms with E-state index in [1.807, 2.05) is 37.3 Å². The first-order valence-corrected chi connectivity index (χ1v) is 5.32. The van der Waals surface area contributed by atoms with E-state index >= 15 is 0 Å². The van der Waals surface area contributed by atoms with E-state index < -0.39 is 0 Å². The number of ketones is 1. The van der Waals surface area contributed by atoms with Crippen molar-refractivity contribution >= 4 is 11.5 Å². The van der Waals surface area contributed by atoms with Gasteiger partial charge in [-0.05, 0) is 19.4 Å². The molecule has 3 heteroatoms. The van der Waals surface area contributed by atoms with Gasteiger partial charge in [0.25, 0.3) is 0 Å². The zero-order chi connectivity index (χ0) is 12.0. The van der Waals surface area contributed by atoms with E-state index in [-0.39, 0.29) is 18.4 Å². The van der Waals surface area contributed by atoms with Crippen LogP contribution < -0.4 is 0 Å². The van der Waals surface area contributed by atoms with Crippen LogP contribution in [-0.4, -0.2) is 23.2 Å². The molecule has 0 saturated carbocycles. The number of aliphatic hydroxyl groups is 1. The van der Waals surface area contributed by atoms with Gasteiger partial charge in [-0.2, -0.15) is 0 Å². The Bertz CT molecular complexity index is 371. The van der Waals surface area contributed by atoms with Gasteiger partial charge in [-0.25, -0.2) is 0 Å². The van der Waals surface area contributed by atoms with E-state index in [2.05, 4.69) is 4.99 Å². The van der Waals surface area contributed by atoms with Crippen molar-refractivity contribution in [2.24, 2.45) is 4.99 Å². The highest BCUT2D eigenvalue weighted by Gasteiger charge is 2.08. The maximum atomic E-state index is 10.9. The van der Waals surface area contributed by atoms with Gasteiger partial charge in [0.15, 0.2) is 0 Å². The number of hydrogen-bond donors (Lipinski definition) is 1. The Morgan fingerprint density at radius 1 is 1.31 bits per heavy atom. The molecule has 3 nitrogen and oxygen atoms in total. The highest BCUT2D eigenvalue weighted by atomic mass is 16.3. The lowest BCUT2D eigenvalue weighted by atomic mass is 10.1. The molecule has 1 rings (SSSR count). The Kier molecular flexibility index (Phi) is 4.86. The van der Waals surface area contributed by atoms with Gasteiger partial charge in [0, 0.05) is 12.1 Å². The summed E-state index contributed by atoms with van der Waals surface area (Å²) >= 11 is 0. The second-order valence-corrected chi connectivity index (χ2v) is 3.85. The summed E-state index contributed by atoms with van der Waals surface area (Å²) in [6.07, 6.45) is 0.351. The van der Waals surface area contributed by atoms with Crippen molar-refractivity contribution in [2.75, 3.05) is 6.61 Å². The third-order valence-electron chi connectivity index (χ3n) is 2.24. The Morgan fingerprint density at radius 2 is 1.94 bits per heavy atom. The second-order valence-electron chi connectivity index (χ2n) is 3.85. The SMILES string of the molecule is CC(=O)CC(C)=N[C@H](CO)c1ccccc1. The Labute approximate surface area is 95.8 Å². The molecule has 0 radical (unpaired) electrons. The zero-order valence-corrected chi connectivity index (χ0v) is 9.68. The van der Waals surface area contributed by atoms with Crippen molar-refractivity contribution in [1.29, 1.82) is 0 Å². The Morgan fingerprint density at radius 3 is 2.44 bits per heavy atom. The van der Waals surface area contributed by atoms with Crippen LogP contribution in [0.25, 0.3) is 0 Å². The smallest absolute Gasteiger partial charge is 0.135 e. The lowest BCUT2D eigenvalue weighted by Gasteiger charge is -2.10. The molecule has 0 bridgehead atoms. The minimum absolute atomic E-state index is 0.0424. The summed E-state index contributed by atoms with van der Waals surface area (Å²) in [6.45, 7) is 3.31. The number of benzene rings is 1. The van der Waals surface area contributed by atoms with Crippen LogP contribution in [0.3, 0.4) is 0 Å². The highest BCUT2D eigenvalue weighted by molar-refractivity contribution is 5.99. The first-order valence-electron chi connectivity index (χ1n) is 5.32. The van der Waals surface area contributed by atoms with E-state index in [0.29, 0.717) is 6.42 Å². The molecule has 1 aromatic carbocycles. The summed E-state index contributed by atoms with van der Waals surface area (Å²) in [5.41, 5.74) is 1.73. The van der Waals surface area contributed by atoms with E-state index in [1.165, 1.54) is 6.92 Å². The topological polar surface area (TPSA) is 49.7 Å². The molecule has 0 fully saturated rings. The van der Waals surface area contributed by atoms with Gasteiger partial charge in [0.05, 0.1) is 12.6 Å². The van der Waals surface area contributed by atoms with Gasteiger partial charge in [-0.15, -0.1) is 0 Å². The van der Waals surface area contributed by atoms with Crippen LogP contribution in [0.5, 0.6) is 0 Å². The Hall–Kier alpha value is -1.48. The number of carbonyl (C=O) groups excluding carboxylic acids is 1. The highest BCUT2D eigenvalue weighted by Crippen LogP contribution is 2.16. The average molecular weight is 219 g/mol. The summed E-state index contributed by atoms with van der Waals surface area (Å²) in [5, 5.41) is 9.27. The largest absolute Gasteiger partial charge is 0.394 e. The van der Waals surface area contributed by atoms with Gasteiger partial charge < -0.3 is 5.11 Å². The lowest BCUT2D eigenvalue weighted by molar-refractivity contribution is -0.115. The molecule has 1 aromatic rings.